The van der Waals surface area contributed by atoms with E-state index in [4.69, 9.17) is 11.5 Å². The van der Waals surface area contributed by atoms with Crippen LogP contribution in [-0.4, -0.2) is 36.7 Å². The van der Waals surface area contributed by atoms with Crippen LogP contribution in [0.25, 0.3) is 0 Å². The van der Waals surface area contributed by atoms with Crippen molar-refractivity contribution in [3.8, 4) is 0 Å². The second-order valence-corrected chi connectivity index (χ2v) is 6.14. The summed E-state index contributed by atoms with van der Waals surface area (Å²) in [6.45, 7) is 5.16. The molecule has 2 rings (SSSR count). The molecule has 146 valence electrons. The van der Waals surface area contributed by atoms with E-state index in [1.807, 2.05) is 26.0 Å². The molecule has 0 fully saturated rings. The quantitative estimate of drug-likeness (QED) is 0.482. The van der Waals surface area contributed by atoms with Crippen LogP contribution in [0.1, 0.15) is 13.8 Å². The fourth-order valence-electron chi connectivity index (χ4n) is 1.91. The summed E-state index contributed by atoms with van der Waals surface area (Å²) in [6.07, 6.45) is 17.2. The van der Waals surface area contributed by atoms with Crippen molar-refractivity contribution in [1.29, 1.82) is 0 Å². The minimum Gasteiger partial charge on any atom is -0.389 e. The summed E-state index contributed by atoms with van der Waals surface area (Å²) in [5.74, 6) is 0.0550. The van der Waals surface area contributed by atoms with E-state index in [9.17, 15) is 9.59 Å². The molecular weight excluding hydrogens is 387 g/mol. The van der Waals surface area contributed by atoms with Gasteiger partial charge in [-0.25, -0.2) is 0 Å². The van der Waals surface area contributed by atoms with E-state index in [0.717, 1.165) is 0 Å². The van der Waals surface area contributed by atoms with Gasteiger partial charge in [0.1, 0.15) is 0 Å². The van der Waals surface area contributed by atoms with Crippen molar-refractivity contribution in [2.75, 3.05) is 13.1 Å². The molecule has 6 nitrogen and oxygen atoms in total. The molecule has 0 saturated heterocycles. The Labute approximate surface area is 171 Å². The predicted octanol–water partition coefficient (Wildman–Crippen LogP) is 1.00. The third-order valence-electron chi connectivity index (χ3n) is 3.23. The van der Waals surface area contributed by atoms with Crippen LogP contribution in [-0.2, 0) is 26.4 Å². The van der Waals surface area contributed by atoms with Gasteiger partial charge in [-0.05, 0) is 38.2 Å². The van der Waals surface area contributed by atoms with Crippen molar-refractivity contribution >= 4 is 11.6 Å². The first-order valence-corrected chi connectivity index (χ1v) is 8.56. The van der Waals surface area contributed by atoms with Gasteiger partial charge in [-0.2, -0.15) is 0 Å². The SMILES string of the molecule is CC(N)CNC=C1C=CC=CC1=O.CC(N)CNC=C1C=CC=CC1=O.[Co+3]. The van der Waals surface area contributed by atoms with Crippen LogP contribution < -0.4 is 22.1 Å². The van der Waals surface area contributed by atoms with E-state index in [2.05, 4.69) is 10.6 Å². The van der Waals surface area contributed by atoms with E-state index >= 15 is 0 Å². The Bertz CT molecular complexity index is 613. The van der Waals surface area contributed by atoms with Crippen molar-refractivity contribution in [3.63, 3.8) is 0 Å². The molecule has 0 radical (unpaired) electrons. The van der Waals surface area contributed by atoms with Crippen LogP contribution in [0.5, 0.6) is 0 Å². The zero-order valence-corrected chi connectivity index (χ0v) is 16.7. The van der Waals surface area contributed by atoms with Crippen molar-refractivity contribution in [2.24, 2.45) is 11.5 Å². The van der Waals surface area contributed by atoms with Gasteiger partial charge in [0.2, 0.25) is 0 Å². The molecule has 0 aromatic carbocycles. The van der Waals surface area contributed by atoms with Gasteiger partial charge in [0, 0.05) is 48.7 Å². The molecule has 2 aliphatic rings. The van der Waals surface area contributed by atoms with Crippen LogP contribution in [0.15, 0.2) is 72.2 Å². The molecule has 2 aliphatic carbocycles. The molecule has 2 unspecified atom stereocenters. The normalized spacial score (nSPS) is 20.0. The van der Waals surface area contributed by atoms with Crippen LogP contribution in [0, 0.1) is 0 Å². The van der Waals surface area contributed by atoms with Crippen molar-refractivity contribution < 1.29 is 26.4 Å². The summed E-state index contributed by atoms with van der Waals surface area (Å²) in [4.78, 5) is 22.4. The molecule has 27 heavy (non-hydrogen) atoms. The van der Waals surface area contributed by atoms with Crippen LogP contribution in [0.2, 0.25) is 0 Å². The summed E-state index contributed by atoms with van der Waals surface area (Å²) in [5, 5.41) is 5.98. The van der Waals surface area contributed by atoms with E-state index in [1.54, 1.807) is 48.9 Å². The maximum Gasteiger partial charge on any atom is 3.00 e. The Balaban J connectivity index is 0.000000483. The van der Waals surface area contributed by atoms with Gasteiger partial charge in [0.15, 0.2) is 11.6 Å². The molecule has 2 atom stereocenters. The Kier molecular flexibility index (Phi) is 12.8. The van der Waals surface area contributed by atoms with Crippen LogP contribution in [0.3, 0.4) is 0 Å². The molecule has 0 spiro atoms. The number of nitrogens with two attached hydrogens (primary N) is 2. The summed E-state index contributed by atoms with van der Waals surface area (Å²) < 4.78 is 0. The second-order valence-electron chi connectivity index (χ2n) is 6.14. The maximum absolute atomic E-state index is 11.2. The van der Waals surface area contributed by atoms with Gasteiger partial charge in [0.05, 0.1) is 0 Å². The van der Waals surface area contributed by atoms with Gasteiger partial charge in [-0.1, -0.05) is 24.3 Å². The Morgan fingerprint density at radius 3 is 1.41 bits per heavy atom. The summed E-state index contributed by atoms with van der Waals surface area (Å²) in [7, 11) is 0. The maximum atomic E-state index is 11.2. The fourth-order valence-corrected chi connectivity index (χ4v) is 1.91. The van der Waals surface area contributed by atoms with E-state index < -0.39 is 0 Å². The number of ketones is 2. The number of hydrogen-bond donors (Lipinski definition) is 4. The average molecular weight is 415 g/mol. The second kappa shape index (κ2) is 13.9. The van der Waals surface area contributed by atoms with Gasteiger partial charge < -0.3 is 22.1 Å². The molecule has 0 aromatic rings. The predicted molar refractivity (Wildman–Crippen MR) is 106 cm³/mol. The number of carbonyl (C=O) groups excluding carboxylic acids is 2. The minimum atomic E-state index is 0. The third kappa shape index (κ3) is 11.2. The van der Waals surface area contributed by atoms with E-state index in [0.29, 0.717) is 24.2 Å². The van der Waals surface area contributed by atoms with Crippen molar-refractivity contribution in [2.45, 2.75) is 25.9 Å². The molecule has 0 saturated carbocycles. The summed E-state index contributed by atoms with van der Waals surface area (Å²) >= 11 is 0. The van der Waals surface area contributed by atoms with Gasteiger partial charge in [-0.15, -0.1) is 0 Å². The topological polar surface area (TPSA) is 110 Å². The number of allylic oxidation sites excluding steroid dienone is 10. The summed E-state index contributed by atoms with van der Waals surface area (Å²) in [6, 6.07) is 0.185. The first-order valence-electron chi connectivity index (χ1n) is 8.56. The van der Waals surface area contributed by atoms with Crippen LogP contribution >= 0.6 is 0 Å². The zero-order valence-electron chi connectivity index (χ0n) is 15.6. The summed E-state index contributed by atoms with van der Waals surface area (Å²) in [5.41, 5.74) is 12.4. The zero-order chi connectivity index (χ0) is 19.4. The minimum absolute atomic E-state index is 0. The van der Waals surface area contributed by atoms with Crippen LogP contribution in [0.4, 0.5) is 0 Å². The first-order chi connectivity index (χ1) is 12.4. The van der Waals surface area contributed by atoms with Crippen molar-refractivity contribution in [3.05, 3.63) is 72.2 Å². The smallest absolute Gasteiger partial charge is 0.389 e. The number of nitrogens with one attached hydrogen (secondary N) is 2. The largest absolute Gasteiger partial charge is 3.00 e. The Morgan fingerprint density at radius 2 is 1.11 bits per heavy atom. The molecular formula is C20H28CoN4O2+3. The molecule has 0 heterocycles. The first kappa shape index (κ1) is 24.8. The van der Waals surface area contributed by atoms with E-state index in [-0.39, 0.29) is 40.4 Å². The van der Waals surface area contributed by atoms with Crippen molar-refractivity contribution in [1.82, 2.24) is 10.6 Å². The molecule has 0 bridgehead atoms. The van der Waals surface area contributed by atoms with Gasteiger partial charge in [0.25, 0.3) is 0 Å². The standard InChI is InChI=1S/2C10H14N2O.Co/c2*1-8(11)6-12-7-9-4-2-3-5-10(9)13;/h2*2-5,7-8,12H,6,11H2,1H3;/q;;+3. The Morgan fingerprint density at radius 1 is 0.778 bits per heavy atom. The molecule has 0 amide bonds. The number of hydrogen-bond acceptors (Lipinski definition) is 6. The molecule has 7 heteroatoms. The monoisotopic (exact) mass is 415 g/mol. The molecule has 0 aromatic heterocycles. The third-order valence-corrected chi connectivity index (χ3v) is 3.23. The van der Waals surface area contributed by atoms with Gasteiger partial charge >= 0.3 is 16.8 Å². The average Bonchev–Trinajstić information content (AvgIpc) is 2.58. The number of carbonyl (C=O) groups is 2. The van der Waals surface area contributed by atoms with Gasteiger partial charge in [-0.3, -0.25) is 9.59 Å². The van der Waals surface area contributed by atoms with E-state index in [1.165, 1.54) is 0 Å². The Hall–Kier alpha value is -2.19. The fraction of sp³-hybridized carbons (Fsp3) is 0.300. The molecule has 6 N–H and O–H groups in total. The molecule has 0 aliphatic heterocycles. The number of rotatable bonds is 6.